The maximum absolute atomic E-state index is 12.5. The number of carbonyl (C=O) groups excluding carboxylic acids is 1. The predicted octanol–water partition coefficient (Wildman–Crippen LogP) is 1.69. The minimum atomic E-state index is -0.527. The topological polar surface area (TPSA) is 49.6 Å². The van der Waals surface area contributed by atoms with Crippen LogP contribution in [0.15, 0.2) is 24.3 Å². The van der Waals surface area contributed by atoms with Gasteiger partial charge in [0.15, 0.2) is 0 Å². The number of nitrogens with zero attached hydrogens (tertiary/aromatic N) is 2. The maximum Gasteiger partial charge on any atom is 0.244 e. The average molecular weight is 287 g/mol. The highest BCUT2D eigenvalue weighted by Crippen LogP contribution is 2.26. The molecule has 114 valence electrons. The third kappa shape index (κ3) is 3.11. The number of hydrogen-bond acceptors (Lipinski definition) is 3. The maximum atomic E-state index is 12.5. The van der Waals surface area contributed by atoms with Crippen molar-refractivity contribution in [1.82, 2.24) is 9.80 Å². The Morgan fingerprint density at radius 1 is 1.14 bits per heavy atom. The molecule has 1 heterocycles. The number of nitrogens with two attached hydrogens (primary N) is 1. The van der Waals surface area contributed by atoms with Gasteiger partial charge in [-0.3, -0.25) is 9.69 Å². The smallest absolute Gasteiger partial charge is 0.244 e. The van der Waals surface area contributed by atoms with E-state index in [9.17, 15) is 4.79 Å². The van der Waals surface area contributed by atoms with Crippen LogP contribution in [0.2, 0.25) is 0 Å². The van der Waals surface area contributed by atoms with Crippen LogP contribution in [-0.4, -0.2) is 47.9 Å². The van der Waals surface area contributed by atoms with Gasteiger partial charge in [-0.15, -0.1) is 0 Å². The van der Waals surface area contributed by atoms with Gasteiger partial charge in [0.1, 0.15) is 6.04 Å². The van der Waals surface area contributed by atoms with Gasteiger partial charge in [0.05, 0.1) is 0 Å². The van der Waals surface area contributed by atoms with Crippen LogP contribution in [0.4, 0.5) is 0 Å². The largest absolute Gasteiger partial charge is 0.338 e. The third-order valence-corrected chi connectivity index (χ3v) is 4.92. The molecule has 0 spiro atoms. The summed E-state index contributed by atoms with van der Waals surface area (Å²) in [4.78, 5) is 17.0. The van der Waals surface area contributed by atoms with Crippen LogP contribution in [0.3, 0.4) is 0 Å². The standard InChI is InChI=1S/C17H25N3O/c1-13-5-7-14(8-6-13)16(18)17(21)20-11-9-19(10-12-20)15-3-2-4-15/h5-8,15-16H,2-4,9-12,18H2,1H3. The van der Waals surface area contributed by atoms with E-state index >= 15 is 0 Å². The lowest BCUT2D eigenvalue weighted by molar-refractivity contribution is -0.135. The zero-order valence-electron chi connectivity index (χ0n) is 12.8. The minimum Gasteiger partial charge on any atom is -0.338 e. The van der Waals surface area contributed by atoms with Crippen molar-refractivity contribution >= 4 is 5.91 Å². The molecule has 2 fully saturated rings. The number of benzene rings is 1. The van der Waals surface area contributed by atoms with Crippen molar-refractivity contribution in [3.63, 3.8) is 0 Å². The van der Waals surface area contributed by atoms with E-state index in [0.29, 0.717) is 0 Å². The van der Waals surface area contributed by atoms with Crippen LogP contribution < -0.4 is 5.73 Å². The van der Waals surface area contributed by atoms with Gasteiger partial charge in [-0.2, -0.15) is 0 Å². The number of hydrogen-bond donors (Lipinski definition) is 1. The highest BCUT2D eigenvalue weighted by Gasteiger charge is 2.31. The summed E-state index contributed by atoms with van der Waals surface area (Å²) >= 11 is 0. The fraction of sp³-hybridized carbons (Fsp3) is 0.588. The summed E-state index contributed by atoms with van der Waals surface area (Å²) in [7, 11) is 0. The molecule has 1 saturated carbocycles. The van der Waals surface area contributed by atoms with Crippen LogP contribution in [0, 0.1) is 6.92 Å². The molecular weight excluding hydrogens is 262 g/mol. The Kier molecular flexibility index (Phi) is 4.27. The van der Waals surface area contributed by atoms with Gasteiger partial charge < -0.3 is 10.6 Å². The summed E-state index contributed by atoms with van der Waals surface area (Å²) in [5, 5.41) is 0. The number of piperazine rings is 1. The second-order valence-corrected chi connectivity index (χ2v) is 6.33. The highest BCUT2D eigenvalue weighted by molar-refractivity contribution is 5.83. The molecule has 0 aromatic heterocycles. The monoisotopic (exact) mass is 287 g/mol. The second-order valence-electron chi connectivity index (χ2n) is 6.33. The Morgan fingerprint density at radius 3 is 2.29 bits per heavy atom. The van der Waals surface area contributed by atoms with Crippen molar-refractivity contribution in [2.75, 3.05) is 26.2 Å². The molecule has 1 aromatic carbocycles. The van der Waals surface area contributed by atoms with E-state index in [1.165, 1.54) is 24.8 Å². The first kappa shape index (κ1) is 14.5. The van der Waals surface area contributed by atoms with Crippen LogP contribution in [-0.2, 0) is 4.79 Å². The summed E-state index contributed by atoms with van der Waals surface area (Å²) < 4.78 is 0. The summed E-state index contributed by atoms with van der Waals surface area (Å²) in [6.07, 6.45) is 4.02. The Hall–Kier alpha value is -1.39. The molecule has 2 N–H and O–H groups in total. The van der Waals surface area contributed by atoms with Crippen LogP contribution in [0.5, 0.6) is 0 Å². The van der Waals surface area contributed by atoms with Gasteiger partial charge in [-0.1, -0.05) is 36.2 Å². The fourth-order valence-electron chi connectivity index (χ4n) is 3.17. The SMILES string of the molecule is Cc1ccc(C(N)C(=O)N2CCN(C3CCC3)CC2)cc1. The molecule has 1 aromatic rings. The van der Waals surface area contributed by atoms with E-state index < -0.39 is 6.04 Å². The quantitative estimate of drug-likeness (QED) is 0.920. The lowest BCUT2D eigenvalue weighted by Gasteiger charge is -2.43. The first-order valence-corrected chi connectivity index (χ1v) is 8.00. The first-order valence-electron chi connectivity index (χ1n) is 8.00. The Morgan fingerprint density at radius 2 is 1.76 bits per heavy atom. The lowest BCUT2D eigenvalue weighted by atomic mass is 9.91. The number of amides is 1. The van der Waals surface area contributed by atoms with Crippen LogP contribution in [0.25, 0.3) is 0 Å². The van der Waals surface area contributed by atoms with Crippen LogP contribution >= 0.6 is 0 Å². The number of aryl methyl sites for hydroxylation is 1. The Bertz CT molecular complexity index is 487. The molecule has 1 unspecified atom stereocenters. The summed E-state index contributed by atoms with van der Waals surface area (Å²) in [5.74, 6) is 0.0621. The molecule has 1 aliphatic carbocycles. The first-order chi connectivity index (χ1) is 10.1. The average Bonchev–Trinajstić information content (AvgIpc) is 2.46. The third-order valence-electron chi connectivity index (χ3n) is 4.92. The second kappa shape index (κ2) is 6.16. The van der Waals surface area contributed by atoms with E-state index in [2.05, 4.69) is 4.90 Å². The Labute approximate surface area is 126 Å². The summed E-state index contributed by atoms with van der Waals surface area (Å²) in [6.45, 7) is 5.66. The summed E-state index contributed by atoms with van der Waals surface area (Å²) in [5.41, 5.74) is 8.24. The zero-order chi connectivity index (χ0) is 14.8. The molecule has 1 amide bonds. The highest BCUT2D eigenvalue weighted by atomic mass is 16.2. The van der Waals surface area contributed by atoms with E-state index in [1.807, 2.05) is 36.1 Å². The van der Waals surface area contributed by atoms with E-state index in [-0.39, 0.29) is 5.91 Å². The van der Waals surface area contributed by atoms with Crippen molar-refractivity contribution in [1.29, 1.82) is 0 Å². The van der Waals surface area contributed by atoms with Gasteiger partial charge in [0.2, 0.25) is 5.91 Å². The molecule has 4 nitrogen and oxygen atoms in total. The molecule has 1 atom stereocenters. The minimum absolute atomic E-state index is 0.0621. The van der Waals surface area contributed by atoms with E-state index in [4.69, 9.17) is 5.73 Å². The fourth-order valence-corrected chi connectivity index (χ4v) is 3.17. The molecule has 1 saturated heterocycles. The summed E-state index contributed by atoms with van der Waals surface area (Å²) in [6, 6.07) is 8.19. The van der Waals surface area contributed by atoms with Crippen molar-refractivity contribution < 1.29 is 4.79 Å². The van der Waals surface area contributed by atoms with Crippen LogP contribution in [0.1, 0.15) is 36.4 Å². The van der Waals surface area contributed by atoms with Gasteiger partial charge >= 0.3 is 0 Å². The molecule has 4 heteroatoms. The van der Waals surface area contributed by atoms with Crippen molar-refractivity contribution in [2.24, 2.45) is 5.73 Å². The number of carbonyl (C=O) groups is 1. The van der Waals surface area contributed by atoms with Crippen molar-refractivity contribution in [3.8, 4) is 0 Å². The zero-order valence-corrected chi connectivity index (χ0v) is 12.8. The predicted molar refractivity (Wildman–Crippen MR) is 83.9 cm³/mol. The van der Waals surface area contributed by atoms with E-state index in [0.717, 1.165) is 37.8 Å². The van der Waals surface area contributed by atoms with Gasteiger partial charge in [-0.25, -0.2) is 0 Å². The van der Waals surface area contributed by atoms with Gasteiger partial charge in [0.25, 0.3) is 0 Å². The Balaban J connectivity index is 1.56. The van der Waals surface area contributed by atoms with Crippen molar-refractivity contribution in [2.45, 2.75) is 38.3 Å². The van der Waals surface area contributed by atoms with Crippen molar-refractivity contribution in [3.05, 3.63) is 35.4 Å². The molecule has 3 rings (SSSR count). The molecule has 0 radical (unpaired) electrons. The molecule has 1 aliphatic heterocycles. The molecular formula is C17H25N3O. The molecule has 0 bridgehead atoms. The lowest BCUT2D eigenvalue weighted by Crippen LogP contribution is -2.54. The molecule has 21 heavy (non-hydrogen) atoms. The molecule has 2 aliphatic rings. The van der Waals surface area contributed by atoms with E-state index in [1.54, 1.807) is 0 Å². The van der Waals surface area contributed by atoms with Gasteiger partial charge in [0, 0.05) is 32.2 Å². The number of rotatable bonds is 3. The van der Waals surface area contributed by atoms with Gasteiger partial charge in [-0.05, 0) is 25.3 Å². The normalized spacial score (nSPS) is 21.9.